The highest BCUT2D eigenvalue weighted by Gasteiger charge is 2.40. The van der Waals surface area contributed by atoms with Gasteiger partial charge in [-0.25, -0.2) is 0 Å². The molecule has 2 saturated carbocycles. The third-order valence-corrected chi connectivity index (χ3v) is 5.15. The van der Waals surface area contributed by atoms with Gasteiger partial charge in [-0.1, -0.05) is 30.3 Å². The molecule has 0 spiro atoms. The molecular formula is C19H23NO. The molecule has 2 aromatic rings. The number of hydrogen-bond donors (Lipinski definition) is 2. The van der Waals surface area contributed by atoms with Gasteiger partial charge in [0.15, 0.2) is 0 Å². The highest BCUT2D eigenvalue weighted by atomic mass is 16.3. The zero-order valence-corrected chi connectivity index (χ0v) is 12.4. The molecule has 2 aliphatic rings. The van der Waals surface area contributed by atoms with Crippen molar-refractivity contribution in [2.24, 2.45) is 17.8 Å². The van der Waals surface area contributed by atoms with Gasteiger partial charge in [0.1, 0.15) is 5.75 Å². The lowest BCUT2D eigenvalue weighted by atomic mass is 9.97. The molecular weight excluding hydrogens is 258 g/mol. The molecule has 0 atom stereocenters. The average Bonchev–Trinajstić information content (AvgIpc) is 3.38. The smallest absolute Gasteiger partial charge is 0.120 e. The molecule has 2 heteroatoms. The second-order valence-corrected chi connectivity index (χ2v) is 6.75. The summed E-state index contributed by atoms with van der Waals surface area (Å²) in [5, 5.41) is 16.2. The minimum absolute atomic E-state index is 0.413. The van der Waals surface area contributed by atoms with E-state index in [1.165, 1.54) is 36.5 Å². The minimum Gasteiger partial charge on any atom is -0.508 e. The fraction of sp³-hybridized carbons (Fsp3) is 0.474. The van der Waals surface area contributed by atoms with Crippen molar-refractivity contribution in [1.82, 2.24) is 5.32 Å². The van der Waals surface area contributed by atoms with E-state index in [0.717, 1.165) is 36.4 Å². The molecule has 0 radical (unpaired) electrons. The second-order valence-electron chi connectivity index (χ2n) is 6.75. The predicted octanol–water partition coefficient (Wildman–Crippen LogP) is 4.07. The molecule has 0 aliphatic heterocycles. The van der Waals surface area contributed by atoms with Crippen molar-refractivity contribution in [2.45, 2.75) is 32.2 Å². The van der Waals surface area contributed by atoms with Crippen molar-refractivity contribution >= 4 is 10.8 Å². The first-order valence-electron chi connectivity index (χ1n) is 8.23. The monoisotopic (exact) mass is 281 g/mol. The van der Waals surface area contributed by atoms with Gasteiger partial charge >= 0.3 is 0 Å². The van der Waals surface area contributed by atoms with Gasteiger partial charge in [-0.3, -0.25) is 0 Å². The molecule has 0 saturated heterocycles. The maximum atomic E-state index is 10.2. The number of rotatable bonds is 6. The molecule has 0 heterocycles. The Balaban J connectivity index is 1.47. The van der Waals surface area contributed by atoms with Crippen molar-refractivity contribution in [3.63, 3.8) is 0 Å². The molecule has 0 amide bonds. The molecule has 21 heavy (non-hydrogen) atoms. The molecule has 4 rings (SSSR count). The first-order valence-corrected chi connectivity index (χ1v) is 8.23. The summed E-state index contributed by atoms with van der Waals surface area (Å²) in [5.74, 6) is 3.25. The standard InChI is InChI=1S/C19H23NO/c21-19-10-9-13-3-1-2-4-16(13)18(19)12-20-11-17(14-5-6-14)15-7-8-15/h1-4,9-10,14-15,17,20-21H,5-8,11-12H2. The van der Waals surface area contributed by atoms with Crippen LogP contribution in [0.4, 0.5) is 0 Å². The van der Waals surface area contributed by atoms with Gasteiger partial charge in [0, 0.05) is 12.1 Å². The van der Waals surface area contributed by atoms with E-state index in [-0.39, 0.29) is 0 Å². The van der Waals surface area contributed by atoms with Crippen LogP contribution in [0.5, 0.6) is 5.75 Å². The fourth-order valence-corrected chi connectivity index (χ4v) is 3.64. The maximum absolute atomic E-state index is 10.2. The van der Waals surface area contributed by atoms with Crippen LogP contribution in [-0.2, 0) is 6.54 Å². The third kappa shape index (κ3) is 2.77. The highest BCUT2D eigenvalue weighted by Crippen LogP contribution is 2.48. The zero-order chi connectivity index (χ0) is 14.2. The largest absolute Gasteiger partial charge is 0.508 e. The molecule has 2 aliphatic carbocycles. The van der Waals surface area contributed by atoms with E-state index in [0.29, 0.717) is 5.75 Å². The maximum Gasteiger partial charge on any atom is 0.120 e. The number of nitrogens with one attached hydrogen (secondary N) is 1. The molecule has 0 bridgehead atoms. The summed E-state index contributed by atoms with van der Waals surface area (Å²) in [6.07, 6.45) is 5.73. The lowest BCUT2D eigenvalue weighted by molar-refractivity contribution is 0.376. The van der Waals surface area contributed by atoms with Crippen molar-refractivity contribution in [2.75, 3.05) is 6.54 Å². The van der Waals surface area contributed by atoms with E-state index in [4.69, 9.17) is 0 Å². The van der Waals surface area contributed by atoms with E-state index in [2.05, 4.69) is 17.4 Å². The van der Waals surface area contributed by atoms with E-state index < -0.39 is 0 Å². The first kappa shape index (κ1) is 13.1. The van der Waals surface area contributed by atoms with Crippen LogP contribution in [0.3, 0.4) is 0 Å². The van der Waals surface area contributed by atoms with Crippen molar-refractivity contribution < 1.29 is 5.11 Å². The summed E-state index contributed by atoms with van der Waals surface area (Å²) in [7, 11) is 0. The molecule has 110 valence electrons. The quantitative estimate of drug-likeness (QED) is 0.836. The highest BCUT2D eigenvalue weighted by molar-refractivity contribution is 5.87. The summed E-state index contributed by atoms with van der Waals surface area (Å²) in [6, 6.07) is 12.1. The van der Waals surface area contributed by atoms with E-state index in [9.17, 15) is 5.11 Å². The normalized spacial score (nSPS) is 18.5. The second kappa shape index (κ2) is 5.34. The number of fused-ring (bicyclic) bond motifs is 1. The van der Waals surface area contributed by atoms with Crippen LogP contribution in [0.15, 0.2) is 36.4 Å². The van der Waals surface area contributed by atoms with Gasteiger partial charge in [-0.2, -0.15) is 0 Å². The zero-order valence-electron chi connectivity index (χ0n) is 12.4. The van der Waals surface area contributed by atoms with Crippen LogP contribution < -0.4 is 5.32 Å². The SMILES string of the molecule is Oc1ccc2ccccc2c1CNCC(C1CC1)C1CC1. The minimum atomic E-state index is 0.413. The Morgan fingerprint density at radius 2 is 1.71 bits per heavy atom. The van der Waals surface area contributed by atoms with Crippen LogP contribution in [-0.4, -0.2) is 11.7 Å². The van der Waals surface area contributed by atoms with Crippen molar-refractivity contribution in [3.8, 4) is 5.75 Å². The van der Waals surface area contributed by atoms with Gasteiger partial charge in [0.05, 0.1) is 0 Å². The molecule has 2 fully saturated rings. The Morgan fingerprint density at radius 3 is 2.43 bits per heavy atom. The van der Waals surface area contributed by atoms with Crippen molar-refractivity contribution in [1.29, 1.82) is 0 Å². The fourth-order valence-electron chi connectivity index (χ4n) is 3.64. The summed E-state index contributed by atoms with van der Waals surface area (Å²) in [4.78, 5) is 0. The molecule has 2 nitrogen and oxygen atoms in total. The lowest BCUT2D eigenvalue weighted by Gasteiger charge is -2.17. The average molecular weight is 281 g/mol. The van der Waals surface area contributed by atoms with E-state index >= 15 is 0 Å². The Kier molecular flexibility index (Phi) is 3.34. The molecule has 2 aromatic carbocycles. The number of hydrogen-bond acceptors (Lipinski definition) is 2. The van der Waals surface area contributed by atoms with Gasteiger partial charge in [-0.05, 0) is 66.8 Å². The number of phenolic OH excluding ortho intramolecular Hbond substituents is 1. The van der Waals surface area contributed by atoms with E-state index in [1.807, 2.05) is 24.3 Å². The lowest BCUT2D eigenvalue weighted by Crippen LogP contribution is -2.25. The first-order chi connectivity index (χ1) is 10.3. The Hall–Kier alpha value is -1.54. The Morgan fingerprint density at radius 1 is 1.00 bits per heavy atom. The third-order valence-electron chi connectivity index (χ3n) is 5.15. The summed E-state index contributed by atoms with van der Waals surface area (Å²) in [5.41, 5.74) is 1.04. The molecule has 0 unspecified atom stereocenters. The Labute approximate surface area is 126 Å². The molecule has 0 aromatic heterocycles. The Bertz CT molecular complexity index is 631. The summed E-state index contributed by atoms with van der Waals surface area (Å²) >= 11 is 0. The van der Waals surface area contributed by atoms with Crippen molar-refractivity contribution in [3.05, 3.63) is 42.0 Å². The number of aromatic hydroxyl groups is 1. The van der Waals surface area contributed by atoms with Gasteiger partial charge in [-0.15, -0.1) is 0 Å². The van der Waals surface area contributed by atoms with Crippen LogP contribution in [0.25, 0.3) is 10.8 Å². The van der Waals surface area contributed by atoms with Crippen LogP contribution in [0, 0.1) is 17.8 Å². The topological polar surface area (TPSA) is 32.3 Å². The predicted molar refractivity (Wildman–Crippen MR) is 86.3 cm³/mol. The van der Waals surface area contributed by atoms with Crippen LogP contribution in [0.2, 0.25) is 0 Å². The van der Waals surface area contributed by atoms with Gasteiger partial charge in [0.25, 0.3) is 0 Å². The number of benzene rings is 2. The molecule has 2 N–H and O–H groups in total. The summed E-state index contributed by atoms with van der Waals surface area (Å²) < 4.78 is 0. The van der Waals surface area contributed by atoms with Gasteiger partial charge < -0.3 is 10.4 Å². The van der Waals surface area contributed by atoms with Crippen LogP contribution >= 0.6 is 0 Å². The summed E-state index contributed by atoms with van der Waals surface area (Å²) in [6.45, 7) is 1.88. The van der Waals surface area contributed by atoms with Gasteiger partial charge in [0.2, 0.25) is 0 Å². The number of phenols is 1. The van der Waals surface area contributed by atoms with E-state index in [1.54, 1.807) is 0 Å². The van der Waals surface area contributed by atoms with Crippen LogP contribution in [0.1, 0.15) is 31.2 Å².